The molecular weight excluding hydrogens is 1200 g/mol. The fourth-order valence-corrected chi connectivity index (χ4v) is 11.9. The molecule has 536 valence electrons. The van der Waals surface area contributed by atoms with Crippen LogP contribution in [0.4, 0.5) is 0 Å². The van der Waals surface area contributed by atoms with Crippen LogP contribution in [0.5, 0.6) is 0 Å². The lowest BCUT2D eigenvalue weighted by Gasteiger charge is -2.21. The van der Waals surface area contributed by atoms with E-state index >= 15 is 0 Å². The quantitative estimate of drug-likeness (QED) is 0.0169. The summed E-state index contributed by atoms with van der Waals surface area (Å²) in [6.45, 7) is 11.7. The molecule has 0 spiro atoms. The van der Waals surface area contributed by atoms with Crippen LogP contribution in [-0.4, -0.2) is 96.7 Å². The molecule has 0 aromatic carbocycles. The number of hydrogen-bond acceptors (Lipinski definition) is 15. The fraction of sp³-hybridized carbons (Fsp3) is 0.889. The highest BCUT2D eigenvalue weighted by atomic mass is 31.2. The number of ether oxygens (including phenoxy) is 4. The van der Waals surface area contributed by atoms with Crippen LogP contribution in [-0.2, 0) is 65.4 Å². The van der Waals surface area contributed by atoms with Gasteiger partial charge < -0.3 is 33.8 Å². The lowest BCUT2D eigenvalue weighted by atomic mass is 9.99. The molecule has 4 unspecified atom stereocenters. The largest absolute Gasteiger partial charge is 0.472 e. The first-order valence-electron chi connectivity index (χ1n) is 36.7. The summed E-state index contributed by atoms with van der Waals surface area (Å²) in [4.78, 5) is 72.6. The minimum atomic E-state index is -4.96. The van der Waals surface area contributed by atoms with Crippen LogP contribution in [0.3, 0.4) is 0 Å². The molecule has 0 bridgehead atoms. The average molecular weight is 1340 g/mol. The van der Waals surface area contributed by atoms with E-state index in [1.54, 1.807) is 0 Å². The third kappa shape index (κ3) is 64.6. The van der Waals surface area contributed by atoms with Crippen LogP contribution in [0.25, 0.3) is 0 Å². The number of aliphatic hydroxyl groups is 1. The van der Waals surface area contributed by atoms with Gasteiger partial charge >= 0.3 is 39.5 Å². The average Bonchev–Trinajstić information content (AvgIpc) is 3.70. The normalized spacial score (nSPS) is 14.6. The number of hydrogen-bond donors (Lipinski definition) is 3. The number of esters is 4. The molecule has 19 heteroatoms. The second-order valence-corrected chi connectivity index (χ2v) is 29.4. The lowest BCUT2D eigenvalue weighted by Crippen LogP contribution is -2.30. The molecule has 0 saturated heterocycles. The minimum absolute atomic E-state index is 0.0843. The predicted octanol–water partition coefficient (Wildman–Crippen LogP) is 20.2. The zero-order valence-electron chi connectivity index (χ0n) is 58.8. The summed E-state index contributed by atoms with van der Waals surface area (Å²) in [5, 5.41) is 10.6. The van der Waals surface area contributed by atoms with E-state index in [2.05, 4.69) is 72.8 Å². The minimum Gasteiger partial charge on any atom is -0.462 e. The first-order valence-corrected chi connectivity index (χ1v) is 39.7. The summed E-state index contributed by atoms with van der Waals surface area (Å²) in [5.74, 6) is 0.0920. The number of phosphoric acid groups is 2. The Bertz CT molecular complexity index is 1880. The second-order valence-electron chi connectivity index (χ2n) is 26.5. The molecule has 0 aliphatic rings. The van der Waals surface area contributed by atoms with E-state index < -0.39 is 97.5 Å². The van der Waals surface area contributed by atoms with Gasteiger partial charge in [0.05, 0.1) is 26.4 Å². The number of carbonyl (C=O) groups excluding carboxylic acids is 4. The Hall–Kier alpha value is -2.46. The molecule has 6 atom stereocenters. The summed E-state index contributed by atoms with van der Waals surface area (Å²) in [6, 6.07) is 0. The molecule has 0 radical (unpaired) electrons. The maximum atomic E-state index is 13.0. The predicted molar refractivity (Wildman–Crippen MR) is 367 cm³/mol. The maximum absolute atomic E-state index is 13.0. The van der Waals surface area contributed by atoms with Gasteiger partial charge in [-0.25, -0.2) is 9.13 Å². The van der Waals surface area contributed by atoms with E-state index in [0.717, 1.165) is 115 Å². The van der Waals surface area contributed by atoms with Gasteiger partial charge in [0.15, 0.2) is 12.2 Å². The van der Waals surface area contributed by atoms with Gasteiger partial charge in [-0.1, -0.05) is 285 Å². The fourth-order valence-electron chi connectivity index (χ4n) is 10.3. The molecule has 17 nitrogen and oxygen atoms in total. The summed E-state index contributed by atoms with van der Waals surface area (Å²) in [6.07, 6.45) is 49.4. The van der Waals surface area contributed by atoms with Crippen molar-refractivity contribution in [2.45, 2.75) is 356 Å². The van der Waals surface area contributed by atoms with Crippen LogP contribution >= 0.6 is 15.6 Å². The van der Waals surface area contributed by atoms with Crippen LogP contribution in [0.2, 0.25) is 0 Å². The van der Waals surface area contributed by atoms with E-state index in [0.29, 0.717) is 31.6 Å². The maximum Gasteiger partial charge on any atom is 0.472 e. The standard InChI is InChI=1S/C72H136O17P2/c1-8-10-11-12-13-14-15-16-17-18-19-24-34-41-48-55-71(76)88-67(59-82-69(74)53-46-39-32-23-21-20-22-31-38-45-52-65(7)9-2)61-86-90(78,79)84-57-66(73)58-85-91(80,81)87-62-68(89-72(77)56-49-42-35-28-26-30-37-44-51-64(5)6)60-83-70(75)54-47-40-33-27-25-29-36-43-50-63(3)4/h14-17,63-68,73H,8-13,18-62H2,1-7H3,(H,78,79)(H,80,81)/b15-14-,17-16-/t65?,66?,67-,68-/m1/s1. The zero-order valence-corrected chi connectivity index (χ0v) is 60.6. The van der Waals surface area contributed by atoms with E-state index in [4.69, 9.17) is 37.0 Å². The van der Waals surface area contributed by atoms with Crippen LogP contribution in [0.1, 0.15) is 337 Å². The van der Waals surface area contributed by atoms with Gasteiger partial charge in [0.1, 0.15) is 19.3 Å². The molecule has 0 rings (SSSR count). The van der Waals surface area contributed by atoms with Crippen molar-refractivity contribution in [2.75, 3.05) is 39.6 Å². The van der Waals surface area contributed by atoms with Crippen molar-refractivity contribution in [1.29, 1.82) is 0 Å². The number of phosphoric ester groups is 2. The SMILES string of the molecule is CCCCCC/C=C\C=C/CCCCCCCC(=O)O[C@H](COC(=O)CCCCCCCCCCCCC(C)CC)COP(=O)(O)OCC(O)COP(=O)(O)OC[C@@H](COC(=O)CCCCCCCCCCC(C)C)OC(=O)CCCCCCCCCCC(C)C. The molecule has 0 aromatic rings. The van der Waals surface area contributed by atoms with Gasteiger partial charge in [-0.15, -0.1) is 0 Å². The Morgan fingerprint density at radius 1 is 0.363 bits per heavy atom. The van der Waals surface area contributed by atoms with Crippen molar-refractivity contribution in [1.82, 2.24) is 0 Å². The monoisotopic (exact) mass is 1330 g/mol. The van der Waals surface area contributed by atoms with Crippen LogP contribution in [0.15, 0.2) is 24.3 Å². The Labute approximate surface area is 554 Å². The topological polar surface area (TPSA) is 237 Å². The number of rotatable bonds is 68. The van der Waals surface area contributed by atoms with E-state index in [1.165, 1.54) is 135 Å². The van der Waals surface area contributed by atoms with Crippen molar-refractivity contribution in [3.63, 3.8) is 0 Å². The van der Waals surface area contributed by atoms with Crippen molar-refractivity contribution in [2.24, 2.45) is 17.8 Å². The smallest absolute Gasteiger partial charge is 0.462 e. The van der Waals surface area contributed by atoms with Gasteiger partial charge in [-0.3, -0.25) is 37.3 Å². The van der Waals surface area contributed by atoms with Gasteiger partial charge in [0, 0.05) is 25.7 Å². The van der Waals surface area contributed by atoms with E-state index in [1.807, 2.05) is 0 Å². The number of allylic oxidation sites excluding steroid dienone is 4. The molecule has 0 heterocycles. The zero-order chi connectivity index (χ0) is 67.3. The Morgan fingerprint density at radius 3 is 0.978 bits per heavy atom. The van der Waals surface area contributed by atoms with Crippen molar-refractivity contribution in [3.05, 3.63) is 24.3 Å². The molecule has 0 amide bonds. The van der Waals surface area contributed by atoms with Gasteiger partial charge in [0.25, 0.3) is 0 Å². The Balaban J connectivity index is 5.30. The van der Waals surface area contributed by atoms with Crippen molar-refractivity contribution in [3.8, 4) is 0 Å². The van der Waals surface area contributed by atoms with Gasteiger partial charge in [-0.2, -0.15) is 0 Å². The molecule has 0 fully saturated rings. The number of aliphatic hydroxyl groups excluding tert-OH is 1. The molecular formula is C72H136O17P2. The van der Waals surface area contributed by atoms with Crippen molar-refractivity contribution < 1.29 is 80.2 Å². The third-order valence-electron chi connectivity index (χ3n) is 16.4. The van der Waals surface area contributed by atoms with E-state index in [9.17, 15) is 43.2 Å². The summed E-state index contributed by atoms with van der Waals surface area (Å²) < 4.78 is 68.3. The molecule has 0 saturated carbocycles. The first kappa shape index (κ1) is 88.5. The third-order valence-corrected chi connectivity index (χ3v) is 18.3. The molecule has 0 aliphatic carbocycles. The summed E-state index contributed by atoms with van der Waals surface area (Å²) in [5.41, 5.74) is 0. The Kier molecular flexibility index (Phi) is 60.7. The van der Waals surface area contributed by atoms with Gasteiger partial charge in [0.2, 0.25) is 0 Å². The van der Waals surface area contributed by atoms with Crippen molar-refractivity contribution >= 4 is 39.5 Å². The molecule has 3 N–H and O–H groups in total. The number of carbonyl (C=O) groups is 4. The summed E-state index contributed by atoms with van der Waals surface area (Å²) in [7, 11) is -9.92. The van der Waals surface area contributed by atoms with E-state index in [-0.39, 0.29) is 25.7 Å². The Morgan fingerprint density at radius 2 is 0.648 bits per heavy atom. The highest BCUT2D eigenvalue weighted by molar-refractivity contribution is 7.47. The molecule has 91 heavy (non-hydrogen) atoms. The lowest BCUT2D eigenvalue weighted by molar-refractivity contribution is -0.161. The number of unbranched alkanes of at least 4 members (excludes halogenated alkanes) is 32. The first-order chi connectivity index (χ1) is 43.8. The summed E-state index contributed by atoms with van der Waals surface area (Å²) >= 11 is 0. The van der Waals surface area contributed by atoms with Crippen LogP contribution in [0, 0.1) is 17.8 Å². The van der Waals surface area contributed by atoms with Crippen LogP contribution < -0.4 is 0 Å². The second kappa shape index (κ2) is 62.4. The highest BCUT2D eigenvalue weighted by Gasteiger charge is 2.30. The van der Waals surface area contributed by atoms with Gasteiger partial charge in [-0.05, 0) is 69.1 Å². The molecule has 0 aromatic heterocycles. The molecule has 0 aliphatic heterocycles. The highest BCUT2D eigenvalue weighted by Crippen LogP contribution is 2.45.